The first-order valence-corrected chi connectivity index (χ1v) is 6.09. The Balaban J connectivity index is 2.33. The van der Waals surface area contributed by atoms with E-state index >= 15 is 0 Å². The molecule has 1 aromatic heterocycles. The van der Waals surface area contributed by atoms with Gasteiger partial charge < -0.3 is 0 Å². The van der Waals surface area contributed by atoms with Gasteiger partial charge in [-0.2, -0.15) is 5.10 Å². The molecular weight excluding hydrogens is 242 g/mol. The second kappa shape index (κ2) is 4.84. The van der Waals surface area contributed by atoms with E-state index < -0.39 is 0 Å². The van der Waals surface area contributed by atoms with Gasteiger partial charge in [0.2, 0.25) is 0 Å². The maximum Gasteiger partial charge on any atom is 0.345 e. The average molecular weight is 259 g/mol. The fourth-order valence-electron chi connectivity index (χ4n) is 2.01. The normalized spacial score (nSPS) is 10.7. The lowest BCUT2D eigenvalue weighted by Gasteiger charge is -2.08. The van der Waals surface area contributed by atoms with Crippen LogP contribution in [0.4, 0.5) is 0 Å². The standard InChI is InChI=1S/C14H17N3O2/c1-9-5-11(3)12(6-10(9)2)13(18)7-17-14(19)16(4)8-15-17/h5-6,8H,7H2,1-4H3. The minimum absolute atomic E-state index is 0.0248. The summed E-state index contributed by atoms with van der Waals surface area (Å²) in [6.07, 6.45) is 1.41. The number of hydrogen-bond acceptors (Lipinski definition) is 3. The third kappa shape index (κ3) is 2.50. The van der Waals surface area contributed by atoms with Gasteiger partial charge in [0, 0.05) is 12.6 Å². The van der Waals surface area contributed by atoms with Crippen molar-refractivity contribution in [1.29, 1.82) is 0 Å². The summed E-state index contributed by atoms with van der Waals surface area (Å²) in [5, 5.41) is 3.90. The number of benzene rings is 1. The van der Waals surface area contributed by atoms with Crippen molar-refractivity contribution >= 4 is 5.78 Å². The van der Waals surface area contributed by atoms with E-state index in [4.69, 9.17) is 0 Å². The van der Waals surface area contributed by atoms with Crippen molar-refractivity contribution in [3.63, 3.8) is 0 Å². The van der Waals surface area contributed by atoms with Crippen molar-refractivity contribution in [3.05, 3.63) is 51.2 Å². The SMILES string of the molecule is Cc1cc(C)c(C(=O)Cn2ncn(C)c2=O)cc1C. The number of nitrogens with zero attached hydrogens (tertiary/aromatic N) is 3. The highest BCUT2D eigenvalue weighted by atomic mass is 16.2. The van der Waals surface area contributed by atoms with Crippen molar-refractivity contribution in [2.45, 2.75) is 27.3 Å². The van der Waals surface area contributed by atoms with Crippen molar-refractivity contribution in [2.75, 3.05) is 0 Å². The molecule has 0 spiro atoms. The van der Waals surface area contributed by atoms with E-state index in [9.17, 15) is 9.59 Å². The maximum absolute atomic E-state index is 12.3. The van der Waals surface area contributed by atoms with E-state index in [2.05, 4.69) is 5.10 Å². The molecule has 5 nitrogen and oxygen atoms in total. The molecule has 0 unspecified atom stereocenters. The van der Waals surface area contributed by atoms with Crippen molar-refractivity contribution in [1.82, 2.24) is 14.3 Å². The van der Waals surface area contributed by atoms with Crippen LogP contribution in [0.5, 0.6) is 0 Å². The number of carbonyl (C=O) groups is 1. The summed E-state index contributed by atoms with van der Waals surface area (Å²) in [6.45, 7) is 5.86. The highest BCUT2D eigenvalue weighted by Crippen LogP contribution is 2.16. The molecule has 0 saturated heterocycles. The van der Waals surface area contributed by atoms with Gasteiger partial charge in [-0.1, -0.05) is 6.07 Å². The van der Waals surface area contributed by atoms with Crippen molar-refractivity contribution in [3.8, 4) is 0 Å². The predicted octanol–water partition coefficient (Wildman–Crippen LogP) is 1.39. The van der Waals surface area contributed by atoms with Gasteiger partial charge in [-0.15, -0.1) is 0 Å². The highest BCUT2D eigenvalue weighted by Gasteiger charge is 2.13. The zero-order valence-corrected chi connectivity index (χ0v) is 11.6. The molecule has 2 rings (SSSR count). The zero-order chi connectivity index (χ0) is 14.2. The molecule has 0 bridgehead atoms. The molecule has 0 N–H and O–H groups in total. The van der Waals surface area contributed by atoms with Gasteiger partial charge >= 0.3 is 5.69 Å². The van der Waals surface area contributed by atoms with Gasteiger partial charge in [0.15, 0.2) is 5.78 Å². The Bertz CT molecular complexity index is 695. The van der Waals surface area contributed by atoms with Crippen LogP contribution >= 0.6 is 0 Å². The van der Waals surface area contributed by atoms with Crippen LogP contribution in [0.3, 0.4) is 0 Å². The molecule has 0 atom stereocenters. The molecular formula is C14H17N3O2. The first-order valence-electron chi connectivity index (χ1n) is 6.09. The maximum atomic E-state index is 12.3. The largest absolute Gasteiger partial charge is 0.345 e. The lowest BCUT2D eigenvalue weighted by Crippen LogP contribution is -2.26. The topological polar surface area (TPSA) is 56.9 Å². The Kier molecular flexibility index (Phi) is 3.38. The number of aryl methyl sites for hydroxylation is 4. The van der Waals surface area contributed by atoms with Crippen LogP contribution in [0.1, 0.15) is 27.0 Å². The molecule has 5 heteroatoms. The van der Waals surface area contributed by atoms with Gasteiger partial charge in [-0.25, -0.2) is 9.48 Å². The van der Waals surface area contributed by atoms with Crippen LogP contribution in [0.15, 0.2) is 23.3 Å². The third-order valence-corrected chi connectivity index (χ3v) is 3.32. The summed E-state index contributed by atoms with van der Waals surface area (Å²) in [6, 6.07) is 3.87. The lowest BCUT2D eigenvalue weighted by molar-refractivity contribution is 0.0965. The van der Waals surface area contributed by atoms with E-state index in [1.54, 1.807) is 7.05 Å². The van der Waals surface area contributed by atoms with E-state index in [-0.39, 0.29) is 18.0 Å². The monoisotopic (exact) mass is 259 g/mol. The Morgan fingerprint density at radius 1 is 1.16 bits per heavy atom. The highest BCUT2D eigenvalue weighted by molar-refractivity contribution is 5.97. The van der Waals surface area contributed by atoms with Gasteiger partial charge in [-0.05, 0) is 43.5 Å². The van der Waals surface area contributed by atoms with E-state index in [1.807, 2.05) is 32.9 Å². The van der Waals surface area contributed by atoms with Crippen molar-refractivity contribution in [2.24, 2.45) is 7.05 Å². The smallest absolute Gasteiger partial charge is 0.292 e. The Hall–Kier alpha value is -2.17. The lowest BCUT2D eigenvalue weighted by atomic mass is 9.98. The molecule has 1 heterocycles. The number of Topliss-reactive ketones (excluding diaryl/α,β-unsaturated/α-hetero) is 1. The predicted molar refractivity (Wildman–Crippen MR) is 72.5 cm³/mol. The molecule has 0 radical (unpaired) electrons. The van der Waals surface area contributed by atoms with E-state index in [0.29, 0.717) is 5.56 Å². The van der Waals surface area contributed by atoms with Crippen LogP contribution in [-0.2, 0) is 13.6 Å². The summed E-state index contributed by atoms with van der Waals surface area (Å²) in [5.74, 6) is -0.0959. The third-order valence-electron chi connectivity index (χ3n) is 3.32. The number of hydrogen-bond donors (Lipinski definition) is 0. The van der Waals surface area contributed by atoms with Crippen molar-refractivity contribution < 1.29 is 4.79 Å². The fraction of sp³-hybridized carbons (Fsp3) is 0.357. The van der Waals surface area contributed by atoms with E-state index in [1.165, 1.54) is 15.6 Å². The molecule has 19 heavy (non-hydrogen) atoms. The zero-order valence-electron chi connectivity index (χ0n) is 11.6. The van der Waals surface area contributed by atoms with Crippen LogP contribution in [0, 0.1) is 20.8 Å². The molecule has 100 valence electrons. The summed E-state index contributed by atoms with van der Waals surface area (Å²) in [5.41, 5.74) is 3.53. The van der Waals surface area contributed by atoms with Crippen LogP contribution in [-0.4, -0.2) is 20.1 Å². The van der Waals surface area contributed by atoms with Gasteiger partial charge in [0.25, 0.3) is 0 Å². The van der Waals surface area contributed by atoms with E-state index in [0.717, 1.165) is 16.7 Å². The second-order valence-electron chi connectivity index (χ2n) is 4.86. The summed E-state index contributed by atoms with van der Waals surface area (Å²) < 4.78 is 2.53. The molecule has 0 aliphatic carbocycles. The minimum atomic E-state index is -0.283. The summed E-state index contributed by atoms with van der Waals surface area (Å²) >= 11 is 0. The number of aromatic nitrogens is 3. The Morgan fingerprint density at radius 2 is 1.79 bits per heavy atom. The molecule has 0 saturated carbocycles. The minimum Gasteiger partial charge on any atom is -0.292 e. The molecule has 0 aliphatic rings. The first kappa shape index (κ1) is 13.3. The Labute approximate surface area is 111 Å². The quantitative estimate of drug-likeness (QED) is 0.783. The number of carbonyl (C=O) groups excluding carboxylic acids is 1. The number of rotatable bonds is 3. The van der Waals surface area contributed by atoms with Gasteiger partial charge in [0.1, 0.15) is 12.9 Å². The van der Waals surface area contributed by atoms with Gasteiger partial charge in [-0.3, -0.25) is 9.36 Å². The Morgan fingerprint density at radius 3 is 2.37 bits per heavy atom. The molecule has 0 fully saturated rings. The van der Waals surface area contributed by atoms with Gasteiger partial charge in [0.05, 0.1) is 0 Å². The fourth-order valence-corrected chi connectivity index (χ4v) is 2.01. The molecule has 1 aromatic carbocycles. The van der Waals surface area contributed by atoms with Crippen LogP contribution in [0.25, 0.3) is 0 Å². The summed E-state index contributed by atoms with van der Waals surface area (Å²) in [7, 11) is 1.61. The second-order valence-corrected chi connectivity index (χ2v) is 4.86. The number of ketones is 1. The summed E-state index contributed by atoms with van der Waals surface area (Å²) in [4.78, 5) is 23.9. The average Bonchev–Trinajstić information content (AvgIpc) is 2.65. The molecule has 0 aliphatic heterocycles. The molecule has 2 aromatic rings. The van der Waals surface area contributed by atoms with Crippen LogP contribution < -0.4 is 5.69 Å². The first-order chi connectivity index (χ1) is 8.90. The molecule has 0 amide bonds. The van der Waals surface area contributed by atoms with Crippen LogP contribution in [0.2, 0.25) is 0 Å².